The second kappa shape index (κ2) is 11.4. The number of Topliss-reactive ketones (excluding diaryl/α,β-unsaturated/α-hetero) is 1. The first-order chi connectivity index (χ1) is 22.5. The third-order valence-electron chi connectivity index (χ3n) is 9.22. The van der Waals surface area contributed by atoms with Gasteiger partial charge in [-0.15, -0.1) is 11.3 Å². The number of ketones is 1. The molecule has 2 aliphatic heterocycles. The van der Waals surface area contributed by atoms with E-state index in [1.807, 2.05) is 56.3 Å². The standard InChI is InChI=1S/C35H31F2N5O4S/c1-18(2)12-27(41(3)32(44)26-15-20-22(37)13-19(36)14-25(20)38-26)33(45)42-17-35(21-8-4-5-9-23(21)40-34(35)46)16-28(42)30(43)31-39-24-10-6-7-11-29(24)47-31/h4-11,13-15,18,27-28,38H,12,16-17H2,1-3H3,(H,40,46)/t27-,28-,35-/m0/s1. The fraction of sp³-hybridized carbons (Fsp3) is 0.286. The minimum Gasteiger partial charge on any atom is -0.350 e. The molecule has 1 saturated heterocycles. The minimum absolute atomic E-state index is 0.0161. The van der Waals surface area contributed by atoms with Crippen LogP contribution in [0.3, 0.4) is 0 Å². The Bertz CT molecular complexity index is 2070. The number of fused-ring (bicyclic) bond motifs is 4. The third-order valence-corrected chi connectivity index (χ3v) is 10.3. The average molecular weight is 656 g/mol. The molecule has 7 rings (SSSR count). The number of amides is 3. The highest BCUT2D eigenvalue weighted by atomic mass is 32.1. The van der Waals surface area contributed by atoms with Crippen molar-refractivity contribution in [2.75, 3.05) is 18.9 Å². The number of nitrogens with zero attached hydrogens (tertiary/aromatic N) is 3. The van der Waals surface area contributed by atoms with Crippen LogP contribution < -0.4 is 5.32 Å². The molecule has 47 heavy (non-hydrogen) atoms. The van der Waals surface area contributed by atoms with E-state index in [4.69, 9.17) is 0 Å². The van der Waals surface area contributed by atoms with Crippen LogP contribution in [0.2, 0.25) is 0 Å². The third kappa shape index (κ3) is 5.07. The Morgan fingerprint density at radius 1 is 1.09 bits per heavy atom. The molecule has 0 unspecified atom stereocenters. The van der Waals surface area contributed by atoms with Crippen LogP contribution in [0.4, 0.5) is 14.5 Å². The number of nitrogens with one attached hydrogen (secondary N) is 2. The van der Waals surface area contributed by atoms with Crippen molar-refractivity contribution in [1.82, 2.24) is 19.8 Å². The molecule has 9 nitrogen and oxygen atoms in total. The Balaban J connectivity index is 1.27. The number of benzene rings is 3. The number of anilines is 1. The van der Waals surface area contributed by atoms with Crippen LogP contribution in [0.25, 0.3) is 21.1 Å². The van der Waals surface area contributed by atoms with Crippen molar-refractivity contribution in [1.29, 1.82) is 0 Å². The van der Waals surface area contributed by atoms with Gasteiger partial charge in [0.1, 0.15) is 23.4 Å². The summed E-state index contributed by atoms with van der Waals surface area (Å²) in [6.07, 6.45) is 0.299. The predicted octanol–water partition coefficient (Wildman–Crippen LogP) is 5.92. The monoisotopic (exact) mass is 655 g/mol. The van der Waals surface area contributed by atoms with E-state index in [1.165, 1.54) is 34.3 Å². The molecule has 1 spiro atoms. The second-order valence-electron chi connectivity index (χ2n) is 12.7. The lowest BCUT2D eigenvalue weighted by atomic mass is 9.79. The zero-order chi connectivity index (χ0) is 33.2. The normalized spacial score (nSPS) is 19.5. The summed E-state index contributed by atoms with van der Waals surface area (Å²) >= 11 is 1.23. The van der Waals surface area contributed by atoms with Gasteiger partial charge in [0, 0.05) is 30.7 Å². The molecule has 3 amide bonds. The number of halogens is 2. The first-order valence-corrected chi connectivity index (χ1v) is 16.1. The average Bonchev–Trinajstić information content (AvgIpc) is 3.82. The van der Waals surface area contributed by atoms with Crippen molar-refractivity contribution in [3.63, 3.8) is 0 Å². The van der Waals surface area contributed by atoms with E-state index in [9.17, 15) is 28.0 Å². The molecule has 1 fully saturated rings. The highest BCUT2D eigenvalue weighted by molar-refractivity contribution is 7.20. The lowest BCUT2D eigenvalue weighted by molar-refractivity contribution is -0.136. The van der Waals surface area contributed by atoms with Crippen molar-refractivity contribution < 1.29 is 28.0 Å². The number of likely N-dealkylation sites (N-methyl/N-ethyl adjacent to an activating group) is 1. The zero-order valence-corrected chi connectivity index (χ0v) is 26.7. The number of thiazole rings is 1. The fourth-order valence-corrected chi connectivity index (χ4v) is 7.85. The lowest BCUT2D eigenvalue weighted by Crippen LogP contribution is -2.53. The SMILES string of the molecule is CC(C)C[C@@H](C(=O)N1C[C@]2(C[C@H]1C(=O)c1nc3ccccc3s1)C(=O)Nc1ccccc12)N(C)C(=O)c1cc2c(F)cc(F)cc2[nH]1. The Hall–Kier alpha value is -4.97. The summed E-state index contributed by atoms with van der Waals surface area (Å²) in [6.45, 7) is 3.76. The quantitative estimate of drug-likeness (QED) is 0.212. The molecule has 2 aliphatic rings. The van der Waals surface area contributed by atoms with Crippen molar-refractivity contribution in [3.05, 3.63) is 94.6 Å². The molecule has 2 N–H and O–H groups in total. The van der Waals surface area contributed by atoms with Gasteiger partial charge in [0.15, 0.2) is 5.01 Å². The number of hydrogen-bond acceptors (Lipinski definition) is 6. The summed E-state index contributed by atoms with van der Waals surface area (Å²) in [4.78, 5) is 66.6. The number of aromatic nitrogens is 2. The largest absolute Gasteiger partial charge is 0.350 e. The van der Waals surface area contributed by atoms with Crippen LogP contribution in [-0.4, -0.2) is 68.9 Å². The fourth-order valence-electron chi connectivity index (χ4n) is 6.89. The molecule has 3 atom stereocenters. The molecule has 0 bridgehead atoms. The van der Waals surface area contributed by atoms with Crippen LogP contribution in [-0.2, 0) is 15.0 Å². The van der Waals surface area contributed by atoms with Crippen molar-refractivity contribution >= 4 is 61.6 Å². The topological polar surface area (TPSA) is 115 Å². The Morgan fingerprint density at radius 3 is 2.60 bits per heavy atom. The first kappa shape index (κ1) is 30.7. The van der Waals surface area contributed by atoms with Gasteiger partial charge in [-0.2, -0.15) is 0 Å². The molecular formula is C35H31F2N5O4S. The minimum atomic E-state index is -1.17. The molecule has 0 radical (unpaired) electrons. The van der Waals surface area contributed by atoms with Crippen LogP contribution in [0.1, 0.15) is 52.5 Å². The Labute approximate surface area is 272 Å². The molecule has 12 heteroatoms. The molecule has 3 aromatic carbocycles. The molecule has 0 saturated carbocycles. The van der Waals surface area contributed by atoms with Crippen molar-refractivity contribution in [3.8, 4) is 0 Å². The highest BCUT2D eigenvalue weighted by Gasteiger charge is 2.58. The summed E-state index contributed by atoms with van der Waals surface area (Å²) in [6, 6.07) is 15.7. The molecular weight excluding hydrogens is 624 g/mol. The van der Waals surface area contributed by atoms with Gasteiger partial charge in [-0.05, 0) is 54.7 Å². The number of aromatic amines is 1. The van der Waals surface area contributed by atoms with Gasteiger partial charge in [-0.25, -0.2) is 13.8 Å². The predicted molar refractivity (Wildman–Crippen MR) is 174 cm³/mol. The lowest BCUT2D eigenvalue weighted by Gasteiger charge is -2.34. The summed E-state index contributed by atoms with van der Waals surface area (Å²) in [5.41, 5.74) is 0.921. The van der Waals surface area contributed by atoms with Gasteiger partial charge in [-0.1, -0.05) is 44.2 Å². The second-order valence-corrected chi connectivity index (χ2v) is 13.7. The summed E-state index contributed by atoms with van der Waals surface area (Å²) in [5.74, 6) is -3.42. The summed E-state index contributed by atoms with van der Waals surface area (Å²) in [7, 11) is 1.48. The number of carbonyl (C=O) groups is 4. The van der Waals surface area contributed by atoms with Gasteiger partial charge in [0.25, 0.3) is 5.91 Å². The maximum Gasteiger partial charge on any atom is 0.270 e. The van der Waals surface area contributed by atoms with Crippen LogP contribution in [0, 0.1) is 17.6 Å². The van der Waals surface area contributed by atoms with E-state index in [0.717, 1.165) is 16.8 Å². The van der Waals surface area contributed by atoms with Gasteiger partial charge in [-0.3, -0.25) is 19.2 Å². The smallest absolute Gasteiger partial charge is 0.270 e. The van der Waals surface area contributed by atoms with Crippen LogP contribution >= 0.6 is 11.3 Å². The van der Waals surface area contributed by atoms with Crippen LogP contribution in [0.15, 0.2) is 66.7 Å². The first-order valence-electron chi connectivity index (χ1n) is 15.3. The Morgan fingerprint density at radius 2 is 1.83 bits per heavy atom. The number of hydrogen-bond donors (Lipinski definition) is 2. The number of rotatable bonds is 7. The van der Waals surface area contributed by atoms with Crippen molar-refractivity contribution in [2.45, 2.75) is 44.2 Å². The molecule has 240 valence electrons. The molecule has 5 aromatic rings. The maximum absolute atomic E-state index is 14.7. The van der Waals surface area contributed by atoms with E-state index < -0.39 is 40.9 Å². The van der Waals surface area contributed by atoms with E-state index >= 15 is 0 Å². The highest BCUT2D eigenvalue weighted by Crippen LogP contribution is 2.47. The van der Waals surface area contributed by atoms with Gasteiger partial charge >= 0.3 is 0 Å². The van der Waals surface area contributed by atoms with E-state index in [-0.39, 0.29) is 58.6 Å². The summed E-state index contributed by atoms with van der Waals surface area (Å²) < 4.78 is 29.2. The van der Waals surface area contributed by atoms with Gasteiger partial charge in [0.05, 0.1) is 27.2 Å². The summed E-state index contributed by atoms with van der Waals surface area (Å²) in [5, 5.41) is 3.20. The number of H-pyrrole nitrogens is 1. The van der Waals surface area contributed by atoms with Crippen LogP contribution in [0.5, 0.6) is 0 Å². The van der Waals surface area contributed by atoms with Gasteiger partial charge < -0.3 is 20.1 Å². The van der Waals surface area contributed by atoms with Gasteiger partial charge in [0.2, 0.25) is 17.6 Å². The van der Waals surface area contributed by atoms with E-state index in [0.29, 0.717) is 16.8 Å². The Kier molecular flexibility index (Phi) is 7.42. The molecule has 4 heterocycles. The number of likely N-dealkylation sites (tertiary alicyclic amines) is 1. The van der Waals surface area contributed by atoms with E-state index in [1.54, 1.807) is 6.07 Å². The molecule has 2 aromatic heterocycles. The maximum atomic E-state index is 14.7. The zero-order valence-electron chi connectivity index (χ0n) is 25.8. The van der Waals surface area contributed by atoms with E-state index in [2.05, 4.69) is 15.3 Å². The molecule has 0 aliphatic carbocycles. The van der Waals surface area contributed by atoms with Crippen molar-refractivity contribution in [2.24, 2.45) is 5.92 Å². The number of para-hydroxylation sites is 2. The number of carbonyl (C=O) groups excluding carboxylic acids is 4.